The minimum Gasteiger partial charge on any atom is -0.295 e. The Morgan fingerprint density at radius 2 is 0.909 bits per heavy atom. The number of rotatable bonds is 6. The Labute approximate surface area is 318 Å². The second-order valence-electron chi connectivity index (χ2n) is 14.1. The van der Waals surface area contributed by atoms with Crippen LogP contribution in [0.2, 0.25) is 0 Å². The number of para-hydroxylation sites is 1. The van der Waals surface area contributed by atoms with E-state index in [9.17, 15) is 4.79 Å². The molecule has 0 radical (unpaired) electrons. The van der Waals surface area contributed by atoms with Crippen LogP contribution in [0.4, 0.5) is 0 Å². The number of aryl methyl sites for hydroxylation is 2. The van der Waals surface area contributed by atoms with Gasteiger partial charge in [0.15, 0.2) is 17.5 Å². The summed E-state index contributed by atoms with van der Waals surface area (Å²) in [5.74, 6) is 1.79. The molecule has 0 atom stereocenters. The van der Waals surface area contributed by atoms with Gasteiger partial charge in [0.1, 0.15) is 0 Å². The molecule has 0 saturated carbocycles. The van der Waals surface area contributed by atoms with E-state index in [0.717, 1.165) is 38.9 Å². The Bertz CT molecular complexity index is 2910. The lowest BCUT2D eigenvalue weighted by Crippen LogP contribution is -2.28. The zero-order chi connectivity index (χ0) is 37.1. The summed E-state index contributed by atoms with van der Waals surface area (Å²) in [7, 11) is 3.63. The SMILES string of the molecule is Cn1c(=O)n(C)c2c(-c3ccc(-c4nc(-c5ccccc5)nc(-c5ccc6c(c5)C(c5ccccc5)(c5ccccc5)c5ccccc5-6)n4)cc3)cccc21. The maximum absolute atomic E-state index is 12.8. The van der Waals surface area contributed by atoms with Crippen LogP contribution in [0.25, 0.3) is 67.5 Å². The molecule has 0 bridgehead atoms. The molecule has 6 nitrogen and oxygen atoms in total. The van der Waals surface area contributed by atoms with Crippen molar-refractivity contribution in [3.05, 3.63) is 209 Å². The van der Waals surface area contributed by atoms with E-state index in [1.165, 1.54) is 33.4 Å². The summed E-state index contributed by atoms with van der Waals surface area (Å²) in [4.78, 5) is 28.2. The molecule has 0 amide bonds. The molecule has 6 heteroatoms. The third kappa shape index (κ3) is 5.02. The molecular formula is C49H35N5O. The monoisotopic (exact) mass is 709 g/mol. The van der Waals surface area contributed by atoms with E-state index < -0.39 is 5.41 Å². The summed E-state index contributed by atoms with van der Waals surface area (Å²) in [5, 5.41) is 0. The predicted molar refractivity (Wildman–Crippen MR) is 221 cm³/mol. The number of benzene rings is 7. The fourth-order valence-electron chi connectivity index (χ4n) is 8.54. The number of hydrogen-bond acceptors (Lipinski definition) is 4. The third-order valence-corrected chi connectivity index (χ3v) is 11.1. The highest BCUT2D eigenvalue weighted by atomic mass is 16.1. The predicted octanol–water partition coefficient (Wildman–Crippen LogP) is 10.1. The smallest absolute Gasteiger partial charge is 0.295 e. The van der Waals surface area contributed by atoms with E-state index in [-0.39, 0.29) is 5.69 Å². The van der Waals surface area contributed by atoms with Gasteiger partial charge in [0.2, 0.25) is 0 Å². The van der Waals surface area contributed by atoms with Crippen molar-refractivity contribution in [3.63, 3.8) is 0 Å². The van der Waals surface area contributed by atoms with Crippen LogP contribution in [0.1, 0.15) is 22.3 Å². The van der Waals surface area contributed by atoms with Crippen molar-refractivity contribution in [1.82, 2.24) is 24.1 Å². The summed E-state index contributed by atoms with van der Waals surface area (Å²) in [6, 6.07) is 61.4. The van der Waals surface area contributed by atoms with Crippen molar-refractivity contribution >= 4 is 11.0 Å². The first-order valence-corrected chi connectivity index (χ1v) is 18.4. The van der Waals surface area contributed by atoms with Gasteiger partial charge in [-0.15, -0.1) is 0 Å². The van der Waals surface area contributed by atoms with Crippen LogP contribution >= 0.6 is 0 Å². The second-order valence-corrected chi connectivity index (χ2v) is 14.1. The molecule has 0 N–H and O–H groups in total. The van der Waals surface area contributed by atoms with Crippen molar-refractivity contribution in [2.75, 3.05) is 0 Å². The van der Waals surface area contributed by atoms with E-state index in [1.807, 2.05) is 56.6 Å². The minimum absolute atomic E-state index is 0.0505. The van der Waals surface area contributed by atoms with E-state index in [4.69, 9.17) is 15.0 Å². The zero-order valence-electron chi connectivity index (χ0n) is 30.4. The summed E-state index contributed by atoms with van der Waals surface area (Å²) in [6.45, 7) is 0. The Kier molecular flexibility index (Phi) is 7.52. The highest BCUT2D eigenvalue weighted by molar-refractivity contribution is 5.93. The van der Waals surface area contributed by atoms with Crippen LogP contribution < -0.4 is 5.69 Å². The molecule has 7 aromatic carbocycles. The molecule has 2 aromatic heterocycles. The largest absolute Gasteiger partial charge is 0.328 e. The molecule has 0 spiro atoms. The average molecular weight is 710 g/mol. The Morgan fingerprint density at radius 1 is 0.418 bits per heavy atom. The van der Waals surface area contributed by atoms with Crippen LogP contribution in [0.15, 0.2) is 181 Å². The van der Waals surface area contributed by atoms with Crippen LogP contribution in [0.5, 0.6) is 0 Å². The third-order valence-electron chi connectivity index (χ3n) is 11.1. The standard InChI is InChI=1S/C49H35N5O/c1-53-43-24-14-22-38(44(43)54(2)48(53)55)32-25-27-34(28-26-32)46-50-45(33-15-6-3-7-16-33)51-47(52-46)35-29-30-40-39-21-12-13-23-41(39)49(42(40)31-35,36-17-8-4-9-18-36)37-19-10-5-11-20-37/h3-31H,1-2H3. The van der Waals surface area contributed by atoms with Gasteiger partial charge in [-0.1, -0.05) is 164 Å². The summed E-state index contributed by atoms with van der Waals surface area (Å²) < 4.78 is 3.40. The van der Waals surface area contributed by atoms with Crippen molar-refractivity contribution < 1.29 is 0 Å². The molecule has 1 aliphatic rings. The summed E-state index contributed by atoms with van der Waals surface area (Å²) >= 11 is 0. The lowest BCUT2D eigenvalue weighted by Gasteiger charge is -2.34. The van der Waals surface area contributed by atoms with Gasteiger partial charge in [-0.25, -0.2) is 19.7 Å². The topological polar surface area (TPSA) is 65.6 Å². The van der Waals surface area contributed by atoms with Crippen molar-refractivity contribution in [2.24, 2.45) is 14.1 Å². The average Bonchev–Trinajstić information content (AvgIpc) is 3.68. The fraction of sp³-hybridized carbons (Fsp3) is 0.0612. The van der Waals surface area contributed by atoms with E-state index in [2.05, 4.69) is 133 Å². The van der Waals surface area contributed by atoms with Crippen LogP contribution in [-0.4, -0.2) is 24.1 Å². The van der Waals surface area contributed by atoms with Crippen molar-refractivity contribution in [2.45, 2.75) is 5.41 Å². The fourth-order valence-corrected chi connectivity index (χ4v) is 8.54. The van der Waals surface area contributed by atoms with Gasteiger partial charge in [0.05, 0.1) is 16.4 Å². The molecule has 0 aliphatic heterocycles. The molecule has 9 aromatic rings. The van der Waals surface area contributed by atoms with Gasteiger partial charge in [-0.05, 0) is 51.1 Å². The number of imidazole rings is 1. The maximum atomic E-state index is 12.8. The molecule has 1 aliphatic carbocycles. The zero-order valence-corrected chi connectivity index (χ0v) is 30.4. The molecule has 10 rings (SSSR count). The number of hydrogen-bond donors (Lipinski definition) is 0. The molecule has 0 unspecified atom stereocenters. The van der Waals surface area contributed by atoms with Crippen molar-refractivity contribution in [1.29, 1.82) is 0 Å². The Morgan fingerprint density at radius 3 is 1.56 bits per heavy atom. The molecule has 0 saturated heterocycles. The molecule has 262 valence electrons. The molecule has 2 heterocycles. The summed E-state index contributed by atoms with van der Waals surface area (Å²) in [6.07, 6.45) is 0. The van der Waals surface area contributed by atoms with Crippen molar-refractivity contribution in [3.8, 4) is 56.4 Å². The lowest BCUT2D eigenvalue weighted by atomic mass is 9.67. The van der Waals surface area contributed by atoms with Gasteiger partial charge >= 0.3 is 5.69 Å². The Balaban J connectivity index is 1.15. The highest BCUT2D eigenvalue weighted by Gasteiger charge is 2.46. The van der Waals surface area contributed by atoms with Crippen LogP contribution in [0.3, 0.4) is 0 Å². The summed E-state index contributed by atoms with van der Waals surface area (Å²) in [5.41, 5.74) is 13.2. The number of fused-ring (bicyclic) bond motifs is 4. The quantitative estimate of drug-likeness (QED) is 0.172. The first-order valence-electron chi connectivity index (χ1n) is 18.4. The van der Waals surface area contributed by atoms with Crippen LogP contribution in [-0.2, 0) is 19.5 Å². The van der Waals surface area contributed by atoms with E-state index in [0.29, 0.717) is 17.5 Å². The van der Waals surface area contributed by atoms with Crippen LogP contribution in [0, 0.1) is 0 Å². The lowest BCUT2D eigenvalue weighted by molar-refractivity contribution is 0.768. The van der Waals surface area contributed by atoms with Gasteiger partial charge in [-0.3, -0.25) is 9.13 Å². The van der Waals surface area contributed by atoms with Gasteiger partial charge in [0.25, 0.3) is 0 Å². The van der Waals surface area contributed by atoms with E-state index >= 15 is 0 Å². The minimum atomic E-state index is -0.538. The molecule has 55 heavy (non-hydrogen) atoms. The highest BCUT2D eigenvalue weighted by Crippen LogP contribution is 2.56. The maximum Gasteiger partial charge on any atom is 0.328 e. The van der Waals surface area contributed by atoms with Gasteiger partial charge < -0.3 is 0 Å². The van der Waals surface area contributed by atoms with Gasteiger partial charge in [-0.2, -0.15) is 0 Å². The first-order chi connectivity index (χ1) is 27.0. The van der Waals surface area contributed by atoms with Gasteiger partial charge in [0, 0.05) is 36.3 Å². The molecule has 0 fully saturated rings. The Hall–Kier alpha value is -7.18. The molecular weight excluding hydrogens is 675 g/mol. The number of aromatic nitrogens is 5. The normalized spacial score (nSPS) is 12.8. The second kappa shape index (κ2) is 12.7. The van der Waals surface area contributed by atoms with E-state index in [1.54, 1.807) is 9.13 Å². The first kappa shape index (κ1) is 32.5. The number of nitrogens with zero attached hydrogens (tertiary/aromatic N) is 5.